The Morgan fingerprint density at radius 1 is 0.500 bits per heavy atom. The average molecular weight is 945 g/mol. The normalized spacial score (nSPS) is 11.5. The highest BCUT2D eigenvalue weighted by molar-refractivity contribution is 7.86. The minimum Gasteiger partial charge on any atom is -0.480 e. The minimum absolute atomic E-state index is 0.0286. The molecule has 0 saturated carbocycles. The van der Waals surface area contributed by atoms with Crippen LogP contribution in [-0.4, -0.2) is 128 Å². The Morgan fingerprint density at radius 3 is 1.18 bits per heavy atom. The van der Waals surface area contributed by atoms with Crippen LogP contribution in [-0.2, 0) is 29.8 Å². The molecule has 0 bridgehead atoms. The number of para-hydroxylation sites is 2. The number of aromatic nitrogens is 6. The second-order valence-electron chi connectivity index (χ2n) is 13.7. The van der Waals surface area contributed by atoms with Gasteiger partial charge in [0.15, 0.2) is 0 Å². The smallest absolute Gasteiger partial charge is 0.323 e. The molecule has 0 amide bonds. The summed E-state index contributed by atoms with van der Waals surface area (Å²) in [5.41, 5.74) is 0.904. The van der Waals surface area contributed by atoms with Crippen LogP contribution in [0.2, 0.25) is 0 Å². The zero-order chi connectivity index (χ0) is 47.4. The van der Waals surface area contributed by atoms with Crippen LogP contribution in [0.5, 0.6) is 0 Å². The summed E-state index contributed by atoms with van der Waals surface area (Å²) in [5, 5.41) is 49.7. The van der Waals surface area contributed by atoms with Gasteiger partial charge in [0, 0.05) is 35.8 Å². The maximum Gasteiger partial charge on any atom is 0.323 e. The Kier molecular flexibility index (Phi) is 15.3. The number of anilines is 10. The number of aliphatic carboxylic acids is 2. The molecule has 6 aromatic rings. The van der Waals surface area contributed by atoms with E-state index >= 15 is 0 Å². The molecule has 0 saturated heterocycles. The summed E-state index contributed by atoms with van der Waals surface area (Å²) in [6, 6.07) is 24.7. The van der Waals surface area contributed by atoms with Gasteiger partial charge in [0.25, 0.3) is 20.2 Å². The van der Waals surface area contributed by atoms with E-state index in [0.717, 1.165) is 17.0 Å². The number of nitrogens with one attached hydrogen (secondary N) is 4. The number of hydrogen-bond acceptors (Lipinski definition) is 20. The number of carboxylic acids is 2. The van der Waals surface area contributed by atoms with Gasteiger partial charge in [0.1, 0.15) is 22.9 Å². The van der Waals surface area contributed by atoms with E-state index < -0.39 is 55.1 Å². The van der Waals surface area contributed by atoms with Crippen LogP contribution >= 0.6 is 0 Å². The average Bonchev–Trinajstić information content (AvgIpc) is 3.25. The van der Waals surface area contributed by atoms with E-state index in [4.69, 9.17) is 0 Å². The molecule has 0 aliphatic rings. The summed E-state index contributed by atoms with van der Waals surface area (Å²) in [6.07, 6.45) is 2.34. The monoisotopic (exact) mass is 944 g/mol. The molecule has 0 radical (unpaired) electrons. The lowest BCUT2D eigenvalue weighted by molar-refractivity contribution is -0.136. The van der Waals surface area contributed by atoms with E-state index in [1.54, 1.807) is 60.7 Å². The van der Waals surface area contributed by atoms with Crippen molar-refractivity contribution in [3.63, 3.8) is 0 Å². The number of carbonyl (C=O) groups is 2. The highest BCUT2D eigenvalue weighted by Crippen LogP contribution is 2.29. The molecule has 66 heavy (non-hydrogen) atoms. The number of carboxylic acid groups (broad SMARTS) is 2. The quantitative estimate of drug-likeness (QED) is 0.0344. The molecular formula is C40H40N12O12S2. The molecule has 0 atom stereocenters. The van der Waals surface area contributed by atoms with Crippen LogP contribution in [0.25, 0.3) is 12.2 Å². The van der Waals surface area contributed by atoms with Crippen molar-refractivity contribution in [2.75, 3.05) is 70.5 Å². The minimum atomic E-state index is -5.00. The van der Waals surface area contributed by atoms with Crippen LogP contribution in [0.15, 0.2) is 107 Å². The van der Waals surface area contributed by atoms with Crippen LogP contribution in [0.3, 0.4) is 0 Å². The van der Waals surface area contributed by atoms with E-state index in [9.17, 15) is 56.0 Å². The summed E-state index contributed by atoms with van der Waals surface area (Å²) >= 11 is 0. The van der Waals surface area contributed by atoms with Crippen molar-refractivity contribution in [1.29, 1.82) is 0 Å². The highest BCUT2D eigenvalue weighted by atomic mass is 32.2. The number of aliphatic hydroxyl groups excluding tert-OH is 2. The van der Waals surface area contributed by atoms with Gasteiger partial charge in [-0.2, -0.15) is 46.7 Å². The fraction of sp³-hybridized carbons (Fsp3) is 0.150. The zero-order valence-electron chi connectivity index (χ0n) is 34.2. The van der Waals surface area contributed by atoms with Gasteiger partial charge < -0.3 is 51.5 Å². The Labute approximate surface area is 375 Å². The lowest BCUT2D eigenvalue weighted by Gasteiger charge is -2.21. The molecule has 26 heteroatoms. The molecule has 0 fully saturated rings. The first kappa shape index (κ1) is 47.6. The first-order chi connectivity index (χ1) is 31.5. The first-order valence-electron chi connectivity index (χ1n) is 19.2. The molecule has 0 aliphatic heterocycles. The molecular weight excluding hydrogens is 905 g/mol. The summed E-state index contributed by atoms with van der Waals surface area (Å²) in [6.45, 7) is -2.09. The molecule has 10 N–H and O–H groups in total. The van der Waals surface area contributed by atoms with Crippen molar-refractivity contribution in [2.45, 2.75) is 9.79 Å². The van der Waals surface area contributed by atoms with E-state index in [-0.39, 0.29) is 84.5 Å². The van der Waals surface area contributed by atoms with Gasteiger partial charge in [-0.25, -0.2) is 0 Å². The third kappa shape index (κ3) is 13.3. The Morgan fingerprint density at radius 2 is 0.848 bits per heavy atom. The third-order valence-corrected chi connectivity index (χ3v) is 10.6. The molecule has 344 valence electrons. The lowest BCUT2D eigenvalue weighted by Crippen LogP contribution is -2.36. The molecule has 6 rings (SSSR count). The van der Waals surface area contributed by atoms with Crippen molar-refractivity contribution in [3.05, 3.63) is 108 Å². The second-order valence-corrected chi connectivity index (χ2v) is 16.4. The summed E-state index contributed by atoms with van der Waals surface area (Å²) in [4.78, 5) is 50.0. The number of benzene rings is 4. The maximum absolute atomic E-state index is 12.7. The van der Waals surface area contributed by atoms with Gasteiger partial charge >= 0.3 is 11.9 Å². The molecule has 0 spiro atoms. The standard InChI is InChI=1S/C40H40N12O12S2/c53-19-17-51(18-20-54)39-47-35(41-27-7-3-1-4-8-27)45-37(48-39)43-29-15-13-25(31(21-29)65(59,60)61)11-12-26-14-16-30(22-32(26)66(62,63)64)44-38-46-36(42-28-9-5-2-6-10-28)49-40(50-38)52(23-33(55)56)24-34(57)58/h1-16,21-22,53-54H,17-20,23-24H2,(H,55,56)(H,57,58)(H,59,60,61)(H,62,63,64)(H2,41,43,45,47,48)(H2,42,44,46,49,50)/b12-11+. The summed E-state index contributed by atoms with van der Waals surface area (Å²) < 4.78 is 71.4. The van der Waals surface area contributed by atoms with E-state index in [1.165, 1.54) is 41.3 Å². The van der Waals surface area contributed by atoms with Gasteiger partial charge in [-0.15, -0.1) is 0 Å². The molecule has 2 aromatic heterocycles. The number of rotatable bonds is 22. The molecule has 24 nitrogen and oxygen atoms in total. The van der Waals surface area contributed by atoms with Crippen molar-refractivity contribution >= 4 is 103 Å². The number of aliphatic hydroxyl groups is 2. The van der Waals surface area contributed by atoms with Gasteiger partial charge in [-0.05, 0) is 59.7 Å². The summed E-state index contributed by atoms with van der Waals surface area (Å²) in [5.74, 6) is -3.56. The Hall–Kier alpha value is -7.88. The van der Waals surface area contributed by atoms with Crippen molar-refractivity contribution in [2.24, 2.45) is 0 Å². The van der Waals surface area contributed by atoms with Crippen molar-refractivity contribution < 1.29 is 56.0 Å². The lowest BCUT2D eigenvalue weighted by atomic mass is 10.1. The van der Waals surface area contributed by atoms with Crippen molar-refractivity contribution in [3.8, 4) is 0 Å². The fourth-order valence-electron chi connectivity index (χ4n) is 6.00. The van der Waals surface area contributed by atoms with Gasteiger partial charge in [0.2, 0.25) is 35.7 Å². The largest absolute Gasteiger partial charge is 0.480 e. The SMILES string of the molecule is O=C(O)CN(CC(=O)O)c1nc(Nc2ccccc2)nc(Nc2ccc(/C=C/c3ccc(Nc4nc(Nc5ccccc5)nc(N(CCO)CCO)n4)cc3S(=O)(=O)O)c(S(=O)(=O)O)c2)n1. The molecule has 0 unspecified atom stereocenters. The predicted octanol–water partition coefficient (Wildman–Crippen LogP) is 3.46. The fourth-order valence-corrected chi connectivity index (χ4v) is 7.42. The number of nitrogens with zero attached hydrogens (tertiary/aromatic N) is 8. The van der Waals surface area contributed by atoms with Gasteiger partial charge in [0.05, 0.1) is 13.2 Å². The topological polar surface area (TPSA) is 356 Å². The predicted molar refractivity (Wildman–Crippen MR) is 241 cm³/mol. The van der Waals surface area contributed by atoms with Crippen LogP contribution < -0.4 is 31.1 Å². The summed E-state index contributed by atoms with van der Waals surface area (Å²) in [7, 11) is -9.95. The van der Waals surface area contributed by atoms with E-state index in [0.29, 0.717) is 11.4 Å². The first-order valence-corrected chi connectivity index (χ1v) is 22.1. The Balaban J connectivity index is 1.32. The van der Waals surface area contributed by atoms with Crippen LogP contribution in [0, 0.1) is 0 Å². The van der Waals surface area contributed by atoms with E-state index in [1.807, 2.05) is 0 Å². The van der Waals surface area contributed by atoms with Gasteiger partial charge in [-0.3, -0.25) is 18.7 Å². The second kappa shape index (κ2) is 21.2. The third-order valence-electron chi connectivity index (χ3n) is 8.80. The van der Waals surface area contributed by atoms with Crippen LogP contribution in [0.1, 0.15) is 11.1 Å². The van der Waals surface area contributed by atoms with Gasteiger partial charge in [-0.1, -0.05) is 60.7 Å². The Bertz CT molecular complexity index is 2930. The van der Waals surface area contributed by atoms with Crippen molar-refractivity contribution in [1.82, 2.24) is 29.9 Å². The molecule has 4 aromatic carbocycles. The maximum atomic E-state index is 12.7. The zero-order valence-corrected chi connectivity index (χ0v) is 35.8. The molecule has 0 aliphatic carbocycles. The van der Waals surface area contributed by atoms with Crippen LogP contribution in [0.4, 0.5) is 58.4 Å². The molecule has 2 heterocycles. The number of hydrogen-bond donors (Lipinski definition) is 10. The highest BCUT2D eigenvalue weighted by Gasteiger charge is 2.22. The van der Waals surface area contributed by atoms with E-state index in [2.05, 4.69) is 51.2 Å².